The van der Waals surface area contributed by atoms with Gasteiger partial charge >= 0.3 is 6.09 Å². The van der Waals surface area contributed by atoms with E-state index in [0.717, 1.165) is 0 Å². The van der Waals surface area contributed by atoms with Crippen LogP contribution in [0.5, 0.6) is 17.2 Å². The van der Waals surface area contributed by atoms with Crippen LogP contribution in [0.15, 0.2) is 17.2 Å². The maximum absolute atomic E-state index is 11.0. The van der Waals surface area contributed by atoms with Gasteiger partial charge in [-0.2, -0.15) is 5.10 Å². The quantitative estimate of drug-likeness (QED) is 0.658. The van der Waals surface area contributed by atoms with E-state index in [0.29, 0.717) is 28.5 Å². The molecule has 0 heterocycles. The fourth-order valence-corrected chi connectivity index (χ4v) is 1.55. The topological polar surface area (TPSA) is 78.4 Å². The molecule has 1 aromatic rings. The Morgan fingerprint density at radius 1 is 1.00 bits per heavy atom. The zero-order chi connectivity index (χ0) is 15.1. The number of benzene rings is 1. The lowest BCUT2D eigenvalue weighted by molar-refractivity contribution is 0.171. The second kappa shape index (κ2) is 7.22. The summed E-state index contributed by atoms with van der Waals surface area (Å²) >= 11 is 0. The minimum Gasteiger partial charge on any atom is -0.496 e. The van der Waals surface area contributed by atoms with Crippen molar-refractivity contribution in [2.24, 2.45) is 5.10 Å². The van der Waals surface area contributed by atoms with E-state index in [1.165, 1.54) is 28.4 Å². The van der Waals surface area contributed by atoms with Crippen LogP contribution in [0.1, 0.15) is 12.5 Å². The van der Waals surface area contributed by atoms with E-state index in [4.69, 9.17) is 14.2 Å². The van der Waals surface area contributed by atoms with Gasteiger partial charge in [0.05, 0.1) is 34.2 Å². The third kappa shape index (κ3) is 3.53. The number of rotatable bonds is 5. The minimum atomic E-state index is -0.649. The van der Waals surface area contributed by atoms with Crippen LogP contribution in [0.25, 0.3) is 0 Å². The van der Waals surface area contributed by atoms with Gasteiger partial charge in [-0.25, -0.2) is 10.2 Å². The first-order valence-corrected chi connectivity index (χ1v) is 5.76. The molecule has 0 unspecified atom stereocenters. The van der Waals surface area contributed by atoms with Gasteiger partial charge in [-0.1, -0.05) is 0 Å². The Labute approximate surface area is 117 Å². The molecular formula is C13H18N2O5. The molecule has 7 heteroatoms. The van der Waals surface area contributed by atoms with Gasteiger partial charge in [-0.3, -0.25) is 0 Å². The van der Waals surface area contributed by atoms with E-state index >= 15 is 0 Å². The molecule has 0 aliphatic rings. The Morgan fingerprint density at radius 2 is 1.55 bits per heavy atom. The third-order valence-corrected chi connectivity index (χ3v) is 2.60. The summed E-state index contributed by atoms with van der Waals surface area (Å²) in [6.07, 6.45) is -0.649. The van der Waals surface area contributed by atoms with Crippen molar-refractivity contribution in [3.05, 3.63) is 17.7 Å². The number of hydrogen-bond donors (Lipinski definition) is 1. The van der Waals surface area contributed by atoms with E-state index in [1.807, 2.05) is 0 Å². The maximum Gasteiger partial charge on any atom is 0.427 e. The predicted molar refractivity (Wildman–Crippen MR) is 73.8 cm³/mol. The Hall–Kier alpha value is -2.44. The van der Waals surface area contributed by atoms with Crippen LogP contribution >= 0.6 is 0 Å². The largest absolute Gasteiger partial charge is 0.496 e. The molecule has 7 nitrogen and oxygen atoms in total. The van der Waals surface area contributed by atoms with Crippen LogP contribution in [0, 0.1) is 0 Å². The lowest BCUT2D eigenvalue weighted by Gasteiger charge is -2.13. The van der Waals surface area contributed by atoms with E-state index < -0.39 is 6.09 Å². The molecule has 1 rings (SSSR count). The van der Waals surface area contributed by atoms with Gasteiger partial charge in [-0.05, 0) is 13.0 Å². The van der Waals surface area contributed by atoms with Gasteiger partial charge in [0, 0.05) is 11.6 Å². The average Bonchev–Trinajstić information content (AvgIpc) is 2.50. The van der Waals surface area contributed by atoms with Gasteiger partial charge < -0.3 is 18.9 Å². The molecule has 0 saturated carbocycles. The molecule has 0 atom stereocenters. The zero-order valence-corrected chi connectivity index (χ0v) is 12.1. The lowest BCUT2D eigenvalue weighted by atomic mass is 10.1. The lowest BCUT2D eigenvalue weighted by Crippen LogP contribution is -2.19. The monoisotopic (exact) mass is 282 g/mol. The van der Waals surface area contributed by atoms with Crippen molar-refractivity contribution in [2.75, 3.05) is 28.4 Å². The molecule has 0 fully saturated rings. The summed E-state index contributed by atoms with van der Waals surface area (Å²) in [6, 6.07) is 3.40. The maximum atomic E-state index is 11.0. The summed E-state index contributed by atoms with van der Waals surface area (Å²) in [5.41, 5.74) is 3.45. The number of hydrazone groups is 1. The highest BCUT2D eigenvalue weighted by Crippen LogP contribution is 2.34. The van der Waals surface area contributed by atoms with Crippen LogP contribution in [-0.4, -0.2) is 40.2 Å². The minimum absolute atomic E-state index is 0.535. The normalized spacial score (nSPS) is 10.8. The molecule has 0 aliphatic heterocycles. The molecule has 20 heavy (non-hydrogen) atoms. The summed E-state index contributed by atoms with van der Waals surface area (Å²) < 4.78 is 20.1. The number of methoxy groups -OCH3 is 4. The first-order valence-electron chi connectivity index (χ1n) is 5.76. The van der Waals surface area contributed by atoms with E-state index in [-0.39, 0.29) is 0 Å². The average molecular weight is 282 g/mol. The number of nitrogens with one attached hydrogen (secondary N) is 1. The fraction of sp³-hybridized carbons (Fsp3) is 0.385. The SMILES string of the molecule is COC(=O)NN=C(C)c1cc(OC)c(OC)cc1OC. The molecule has 1 N–H and O–H groups in total. The van der Waals surface area contributed by atoms with Crippen LogP contribution in [0.4, 0.5) is 4.79 Å². The highest BCUT2D eigenvalue weighted by Gasteiger charge is 2.14. The van der Waals surface area contributed by atoms with Crippen molar-refractivity contribution in [1.82, 2.24) is 5.43 Å². The molecule has 110 valence electrons. The van der Waals surface area contributed by atoms with Gasteiger partial charge in [0.2, 0.25) is 0 Å². The van der Waals surface area contributed by atoms with Crippen molar-refractivity contribution >= 4 is 11.8 Å². The van der Waals surface area contributed by atoms with Gasteiger partial charge in [0.25, 0.3) is 0 Å². The highest BCUT2D eigenvalue weighted by molar-refractivity contribution is 6.02. The second-order valence-electron chi connectivity index (χ2n) is 3.71. The number of amides is 1. The van der Waals surface area contributed by atoms with Crippen molar-refractivity contribution in [3.8, 4) is 17.2 Å². The molecule has 0 spiro atoms. The summed E-state index contributed by atoms with van der Waals surface area (Å²) in [5, 5.41) is 3.92. The van der Waals surface area contributed by atoms with Crippen LogP contribution in [0.3, 0.4) is 0 Å². The zero-order valence-electron chi connectivity index (χ0n) is 12.1. The van der Waals surface area contributed by atoms with Crippen LogP contribution in [-0.2, 0) is 4.74 Å². The van der Waals surface area contributed by atoms with Gasteiger partial charge in [-0.15, -0.1) is 0 Å². The first-order chi connectivity index (χ1) is 9.57. The number of carbonyl (C=O) groups excluding carboxylic acids is 1. The number of hydrogen-bond acceptors (Lipinski definition) is 6. The highest BCUT2D eigenvalue weighted by atomic mass is 16.5. The molecule has 1 aromatic carbocycles. The molecule has 1 amide bonds. The Kier molecular flexibility index (Phi) is 5.64. The molecule has 0 aliphatic carbocycles. The van der Waals surface area contributed by atoms with Gasteiger partial charge in [0.1, 0.15) is 5.75 Å². The van der Waals surface area contributed by atoms with E-state index in [9.17, 15) is 4.79 Å². The number of carbonyl (C=O) groups is 1. The summed E-state index contributed by atoms with van der Waals surface area (Å²) in [5.74, 6) is 1.63. The Morgan fingerprint density at radius 3 is 2.05 bits per heavy atom. The molecular weight excluding hydrogens is 264 g/mol. The van der Waals surface area contributed by atoms with Crippen molar-refractivity contribution in [3.63, 3.8) is 0 Å². The Balaban J connectivity index is 3.18. The summed E-state index contributed by atoms with van der Waals surface area (Å²) in [6.45, 7) is 1.72. The standard InChI is InChI=1S/C13H18N2O5/c1-8(14-15-13(16)20-5)9-6-11(18-3)12(19-4)7-10(9)17-2/h6-7H,1-5H3,(H,15,16). The van der Waals surface area contributed by atoms with Crippen LogP contribution < -0.4 is 19.6 Å². The van der Waals surface area contributed by atoms with E-state index in [2.05, 4.69) is 15.3 Å². The third-order valence-electron chi connectivity index (χ3n) is 2.60. The summed E-state index contributed by atoms with van der Waals surface area (Å²) in [7, 11) is 5.87. The molecule has 0 saturated heterocycles. The van der Waals surface area contributed by atoms with Crippen molar-refractivity contribution < 1.29 is 23.7 Å². The fourth-order valence-electron chi connectivity index (χ4n) is 1.55. The molecule has 0 aromatic heterocycles. The smallest absolute Gasteiger partial charge is 0.427 e. The number of nitrogens with zero attached hydrogens (tertiary/aromatic N) is 1. The summed E-state index contributed by atoms with van der Waals surface area (Å²) in [4.78, 5) is 11.0. The molecule has 0 bridgehead atoms. The van der Waals surface area contributed by atoms with Crippen LogP contribution in [0.2, 0.25) is 0 Å². The predicted octanol–water partition coefficient (Wildman–Crippen LogP) is 1.79. The van der Waals surface area contributed by atoms with E-state index in [1.54, 1.807) is 19.1 Å². The molecule has 0 radical (unpaired) electrons. The van der Waals surface area contributed by atoms with Gasteiger partial charge in [0.15, 0.2) is 11.5 Å². The van der Waals surface area contributed by atoms with Crippen molar-refractivity contribution in [2.45, 2.75) is 6.92 Å². The second-order valence-corrected chi connectivity index (χ2v) is 3.71. The van der Waals surface area contributed by atoms with Crippen molar-refractivity contribution in [1.29, 1.82) is 0 Å². The Bertz CT molecular complexity index is 514. The first kappa shape index (κ1) is 15.6. The number of ether oxygens (including phenoxy) is 4.